The zero-order valence-corrected chi connectivity index (χ0v) is 27.1. The summed E-state index contributed by atoms with van der Waals surface area (Å²) >= 11 is 12.6. The van der Waals surface area contributed by atoms with Gasteiger partial charge in [-0.05, 0) is 73.8 Å². The summed E-state index contributed by atoms with van der Waals surface area (Å²) in [5.74, 6) is 0.547. The molecule has 44 heavy (non-hydrogen) atoms. The van der Waals surface area contributed by atoms with Crippen LogP contribution in [-0.4, -0.2) is 69.4 Å². The van der Waals surface area contributed by atoms with E-state index in [0.29, 0.717) is 40.0 Å². The molecule has 0 radical (unpaired) electrons. The van der Waals surface area contributed by atoms with Crippen molar-refractivity contribution in [1.82, 2.24) is 24.8 Å². The number of rotatable bonds is 11. The van der Waals surface area contributed by atoms with Gasteiger partial charge in [-0.1, -0.05) is 23.2 Å². The van der Waals surface area contributed by atoms with Gasteiger partial charge in [-0.15, -0.1) is 24.8 Å². The largest absolute Gasteiger partial charge is 0.481 e. The molecule has 2 fully saturated rings. The molecule has 0 unspecified atom stereocenters. The zero-order valence-electron chi connectivity index (χ0n) is 24.0. The third kappa shape index (κ3) is 8.75. The molecule has 4 aromatic rings. The first-order valence-corrected chi connectivity index (χ1v) is 15.0. The Morgan fingerprint density at radius 3 is 2.50 bits per heavy atom. The predicted molar refractivity (Wildman–Crippen MR) is 177 cm³/mol. The van der Waals surface area contributed by atoms with Crippen LogP contribution in [-0.2, 0) is 22.6 Å². The molecule has 0 aliphatic carbocycles. The molecule has 2 aliphatic heterocycles. The van der Waals surface area contributed by atoms with Crippen LogP contribution in [0.15, 0.2) is 54.9 Å². The summed E-state index contributed by atoms with van der Waals surface area (Å²) in [6, 6.07) is 13.8. The van der Waals surface area contributed by atoms with Gasteiger partial charge in [0.1, 0.15) is 11.4 Å². The summed E-state index contributed by atoms with van der Waals surface area (Å²) in [6.07, 6.45) is 5.74. The van der Waals surface area contributed by atoms with Crippen molar-refractivity contribution in [1.29, 1.82) is 0 Å². The smallest absolute Gasteiger partial charge is 0.303 e. The first kappa shape index (κ1) is 34.2. The van der Waals surface area contributed by atoms with Crippen LogP contribution in [0.2, 0.25) is 10.0 Å². The van der Waals surface area contributed by atoms with E-state index >= 15 is 0 Å². The lowest BCUT2D eigenvalue weighted by atomic mass is 9.93. The summed E-state index contributed by atoms with van der Waals surface area (Å²) in [5, 5.41) is 14.7. The Morgan fingerprint density at radius 2 is 1.82 bits per heavy atom. The number of fused-ring (bicyclic) bond motifs is 1. The van der Waals surface area contributed by atoms with Gasteiger partial charge in [0, 0.05) is 59.3 Å². The molecule has 13 heteroatoms. The van der Waals surface area contributed by atoms with Gasteiger partial charge in [0.15, 0.2) is 0 Å². The van der Waals surface area contributed by atoms with Crippen LogP contribution >= 0.6 is 48.0 Å². The van der Waals surface area contributed by atoms with E-state index in [2.05, 4.69) is 19.8 Å². The molecular weight excluding hydrogens is 648 g/mol. The van der Waals surface area contributed by atoms with Crippen LogP contribution in [0, 0.1) is 5.92 Å². The summed E-state index contributed by atoms with van der Waals surface area (Å²) in [5.41, 5.74) is 3.44. The van der Waals surface area contributed by atoms with Gasteiger partial charge >= 0.3 is 5.97 Å². The van der Waals surface area contributed by atoms with Crippen molar-refractivity contribution in [2.75, 3.05) is 32.8 Å². The quantitative estimate of drug-likeness (QED) is 0.180. The lowest BCUT2D eigenvalue weighted by Crippen LogP contribution is -2.46. The highest BCUT2D eigenvalue weighted by Gasteiger charge is 2.22. The first-order chi connectivity index (χ1) is 20.4. The van der Waals surface area contributed by atoms with Crippen LogP contribution < -0.4 is 10.1 Å². The zero-order chi connectivity index (χ0) is 29.1. The number of aliphatic carboxylic acids is 1. The van der Waals surface area contributed by atoms with Crippen molar-refractivity contribution in [2.24, 2.45) is 5.92 Å². The summed E-state index contributed by atoms with van der Waals surface area (Å²) in [6.45, 7) is 5.60. The molecular formula is C31H35Cl4N5O4. The molecule has 236 valence electrons. The van der Waals surface area contributed by atoms with E-state index in [9.17, 15) is 4.79 Å². The maximum atomic E-state index is 11.1. The number of piperidine rings is 1. The van der Waals surface area contributed by atoms with E-state index in [-0.39, 0.29) is 37.2 Å². The highest BCUT2D eigenvalue weighted by atomic mass is 35.5. The van der Waals surface area contributed by atoms with Crippen molar-refractivity contribution in [3.05, 3.63) is 70.5 Å². The SMILES string of the molecule is Cl.Cl.O=C(O)CC1CCN(Cc2cc(Oc3cnc4c(ccn4CCNC4COC4)c3)nc(-c3cc(Cl)cc(Cl)c3)c2)CC1. The third-order valence-electron chi connectivity index (χ3n) is 7.82. The van der Waals surface area contributed by atoms with Gasteiger partial charge in [-0.2, -0.15) is 0 Å². The Bertz CT molecular complexity index is 1550. The summed E-state index contributed by atoms with van der Waals surface area (Å²) in [7, 11) is 0. The Morgan fingerprint density at radius 1 is 1.07 bits per heavy atom. The fraction of sp³-hybridized carbons (Fsp3) is 0.387. The number of nitrogens with zero attached hydrogens (tertiary/aromatic N) is 4. The van der Waals surface area contributed by atoms with E-state index in [1.807, 2.05) is 42.6 Å². The number of nitrogens with one attached hydrogen (secondary N) is 1. The molecule has 2 aliphatic rings. The van der Waals surface area contributed by atoms with Crippen LogP contribution in [0.4, 0.5) is 0 Å². The van der Waals surface area contributed by atoms with Crippen molar-refractivity contribution >= 4 is 65.0 Å². The van der Waals surface area contributed by atoms with Crippen LogP contribution in [0.5, 0.6) is 11.6 Å². The fourth-order valence-corrected chi connectivity index (χ4v) is 6.09. The second kappa shape index (κ2) is 15.6. The lowest BCUT2D eigenvalue weighted by Gasteiger charge is -2.31. The molecule has 0 bridgehead atoms. The highest BCUT2D eigenvalue weighted by Crippen LogP contribution is 2.31. The minimum Gasteiger partial charge on any atom is -0.481 e. The Hall–Kier alpha value is -2.63. The van der Waals surface area contributed by atoms with Gasteiger partial charge < -0.3 is 24.5 Å². The Kier molecular flexibility index (Phi) is 12.1. The minimum absolute atomic E-state index is 0. The molecule has 5 heterocycles. The van der Waals surface area contributed by atoms with Crippen molar-refractivity contribution < 1.29 is 19.4 Å². The monoisotopic (exact) mass is 681 g/mol. The average molecular weight is 683 g/mol. The highest BCUT2D eigenvalue weighted by molar-refractivity contribution is 6.35. The molecule has 2 N–H and O–H groups in total. The minimum atomic E-state index is -0.727. The standard InChI is InChI=1S/C31H33Cl2N5O4.2ClH/c32-24-12-23(13-25(33)15-24)28-9-21(17-37-5-1-20(2-6-37)11-30(39)40)10-29(36-28)42-27-14-22-3-7-38(31(22)35-16-27)8-4-34-26-18-41-19-26;;/h3,7,9-10,12-16,20,26,34H,1-2,4-6,8,11,17-19H2,(H,39,40);2*1H. The number of carboxylic acid groups (broad SMARTS) is 1. The molecule has 0 atom stereocenters. The van der Waals surface area contributed by atoms with Crippen molar-refractivity contribution in [2.45, 2.75) is 38.4 Å². The number of pyridine rings is 2. The summed E-state index contributed by atoms with van der Waals surface area (Å²) < 4.78 is 13.6. The number of hydrogen-bond donors (Lipinski definition) is 2. The molecule has 9 nitrogen and oxygen atoms in total. The van der Waals surface area contributed by atoms with Gasteiger partial charge in [0.2, 0.25) is 5.88 Å². The number of benzene rings is 1. The Balaban J connectivity index is 0.00000221. The van der Waals surface area contributed by atoms with Gasteiger partial charge in [-0.3, -0.25) is 9.69 Å². The molecule has 0 spiro atoms. The number of carboxylic acids is 1. The van der Waals surface area contributed by atoms with E-state index < -0.39 is 5.97 Å². The summed E-state index contributed by atoms with van der Waals surface area (Å²) in [4.78, 5) is 23.0. The number of ether oxygens (including phenoxy) is 2. The first-order valence-electron chi connectivity index (χ1n) is 14.2. The maximum Gasteiger partial charge on any atom is 0.303 e. The van der Waals surface area contributed by atoms with E-state index in [0.717, 1.165) is 74.4 Å². The van der Waals surface area contributed by atoms with Crippen LogP contribution in [0.1, 0.15) is 24.8 Å². The third-order valence-corrected chi connectivity index (χ3v) is 8.26. The number of carbonyl (C=O) groups is 1. The normalized spacial score (nSPS) is 15.8. The van der Waals surface area contributed by atoms with E-state index in [4.69, 9.17) is 42.8 Å². The maximum absolute atomic E-state index is 11.1. The van der Waals surface area contributed by atoms with Gasteiger partial charge in [0.05, 0.1) is 31.1 Å². The molecule has 0 saturated carbocycles. The molecule has 6 rings (SSSR count). The number of halogens is 4. The molecule has 1 aromatic carbocycles. The second-order valence-corrected chi connectivity index (χ2v) is 11.9. The number of aromatic nitrogens is 3. The van der Waals surface area contributed by atoms with Crippen molar-refractivity contribution in [3.8, 4) is 22.9 Å². The number of hydrogen-bond acceptors (Lipinski definition) is 7. The van der Waals surface area contributed by atoms with Crippen LogP contribution in [0.25, 0.3) is 22.3 Å². The molecule has 3 aromatic heterocycles. The second-order valence-electron chi connectivity index (χ2n) is 11.1. The van der Waals surface area contributed by atoms with Crippen molar-refractivity contribution in [3.63, 3.8) is 0 Å². The number of likely N-dealkylation sites (tertiary alicyclic amines) is 1. The molecule has 0 amide bonds. The predicted octanol–water partition coefficient (Wildman–Crippen LogP) is 6.72. The lowest BCUT2D eigenvalue weighted by molar-refractivity contribution is -0.138. The van der Waals surface area contributed by atoms with Gasteiger partial charge in [-0.25, -0.2) is 9.97 Å². The van der Waals surface area contributed by atoms with E-state index in [1.165, 1.54) is 0 Å². The average Bonchev–Trinajstić information content (AvgIpc) is 3.32. The fourth-order valence-electron chi connectivity index (χ4n) is 5.56. The molecule has 2 saturated heterocycles. The van der Waals surface area contributed by atoms with Crippen LogP contribution in [0.3, 0.4) is 0 Å². The van der Waals surface area contributed by atoms with E-state index in [1.54, 1.807) is 12.3 Å². The van der Waals surface area contributed by atoms with Gasteiger partial charge in [0.25, 0.3) is 0 Å². The Labute approximate surface area is 278 Å². The topological polar surface area (TPSA) is 102 Å².